The van der Waals surface area contributed by atoms with Crippen LogP contribution in [0.5, 0.6) is 11.5 Å². The lowest BCUT2D eigenvalue weighted by molar-refractivity contribution is 0.135. The van der Waals surface area contributed by atoms with E-state index >= 15 is 0 Å². The third-order valence-electron chi connectivity index (χ3n) is 3.48. The number of aliphatic hydroxyl groups excluding tert-OH is 1. The van der Waals surface area contributed by atoms with Gasteiger partial charge in [0.05, 0.1) is 20.3 Å². The summed E-state index contributed by atoms with van der Waals surface area (Å²) in [5.41, 5.74) is 0.984. The number of hydrogen-bond acceptors (Lipinski definition) is 4. The van der Waals surface area contributed by atoms with Gasteiger partial charge >= 0.3 is 0 Å². The van der Waals surface area contributed by atoms with Gasteiger partial charge in [0.2, 0.25) is 0 Å². The van der Waals surface area contributed by atoms with Crippen LogP contribution >= 0.6 is 0 Å². The molecule has 1 heterocycles. The lowest BCUT2D eigenvalue weighted by Gasteiger charge is -2.19. The molecule has 0 saturated carbocycles. The van der Waals surface area contributed by atoms with Crippen LogP contribution in [0, 0.1) is 0 Å². The molecule has 0 radical (unpaired) electrons. The third kappa shape index (κ3) is 2.94. The smallest absolute Gasteiger partial charge is 0.122 e. The fraction of sp³-hybridized carbons (Fsp3) is 0.571. The van der Waals surface area contributed by atoms with Crippen molar-refractivity contribution >= 4 is 0 Å². The summed E-state index contributed by atoms with van der Waals surface area (Å²) in [5, 5.41) is 13.5. The highest BCUT2D eigenvalue weighted by molar-refractivity contribution is 5.40. The molecule has 2 unspecified atom stereocenters. The Morgan fingerprint density at radius 3 is 2.83 bits per heavy atom. The number of rotatable bonds is 5. The summed E-state index contributed by atoms with van der Waals surface area (Å²) < 4.78 is 10.5. The topological polar surface area (TPSA) is 50.7 Å². The van der Waals surface area contributed by atoms with Gasteiger partial charge in [-0.05, 0) is 37.6 Å². The summed E-state index contributed by atoms with van der Waals surface area (Å²) in [7, 11) is 3.28. The van der Waals surface area contributed by atoms with Gasteiger partial charge in [0, 0.05) is 18.0 Å². The Hall–Kier alpha value is -1.26. The summed E-state index contributed by atoms with van der Waals surface area (Å²) in [6, 6.07) is 5.86. The van der Waals surface area contributed by atoms with Gasteiger partial charge in [-0.25, -0.2) is 0 Å². The summed E-state index contributed by atoms with van der Waals surface area (Å²) in [4.78, 5) is 0. The summed E-state index contributed by atoms with van der Waals surface area (Å²) in [5.74, 6) is 1.59. The molecule has 2 atom stereocenters. The zero-order valence-corrected chi connectivity index (χ0v) is 11.0. The Bertz CT molecular complexity index is 389. The Kier molecular flexibility index (Phi) is 4.44. The number of aliphatic hydroxyl groups is 1. The van der Waals surface area contributed by atoms with Crippen LogP contribution in [0.4, 0.5) is 0 Å². The zero-order valence-electron chi connectivity index (χ0n) is 11.0. The Balaban J connectivity index is 2.10. The first-order chi connectivity index (χ1) is 8.74. The van der Waals surface area contributed by atoms with E-state index in [1.54, 1.807) is 14.2 Å². The van der Waals surface area contributed by atoms with Crippen LogP contribution < -0.4 is 14.8 Å². The minimum Gasteiger partial charge on any atom is -0.497 e. The molecule has 0 spiro atoms. The summed E-state index contributed by atoms with van der Waals surface area (Å²) >= 11 is 0. The van der Waals surface area contributed by atoms with Crippen molar-refractivity contribution in [3.05, 3.63) is 23.8 Å². The lowest BCUT2D eigenvalue weighted by Crippen LogP contribution is -2.36. The van der Waals surface area contributed by atoms with E-state index < -0.39 is 0 Å². The molecule has 0 aromatic heterocycles. The van der Waals surface area contributed by atoms with Crippen molar-refractivity contribution in [1.82, 2.24) is 5.32 Å². The highest BCUT2D eigenvalue weighted by Gasteiger charge is 2.23. The first-order valence-corrected chi connectivity index (χ1v) is 6.37. The van der Waals surface area contributed by atoms with Gasteiger partial charge in [-0.3, -0.25) is 0 Å². The average molecular weight is 251 g/mol. The Morgan fingerprint density at radius 1 is 1.39 bits per heavy atom. The molecule has 2 N–H and O–H groups in total. The second kappa shape index (κ2) is 6.07. The number of hydrogen-bond donors (Lipinski definition) is 2. The lowest BCUT2D eigenvalue weighted by atomic mass is 10.00. The van der Waals surface area contributed by atoms with Crippen LogP contribution in [0.15, 0.2) is 18.2 Å². The van der Waals surface area contributed by atoms with Gasteiger partial charge in [0.25, 0.3) is 0 Å². The Morgan fingerprint density at radius 2 is 2.22 bits per heavy atom. The molecule has 1 fully saturated rings. The molecule has 1 aromatic rings. The molecule has 18 heavy (non-hydrogen) atoms. The monoisotopic (exact) mass is 251 g/mol. The van der Waals surface area contributed by atoms with E-state index in [0.29, 0.717) is 6.42 Å². The van der Waals surface area contributed by atoms with Gasteiger partial charge in [-0.1, -0.05) is 0 Å². The van der Waals surface area contributed by atoms with Crippen molar-refractivity contribution in [2.24, 2.45) is 0 Å². The fourth-order valence-corrected chi connectivity index (χ4v) is 2.45. The van der Waals surface area contributed by atoms with E-state index in [1.165, 1.54) is 0 Å². The first-order valence-electron chi connectivity index (χ1n) is 6.37. The minimum absolute atomic E-state index is 0.195. The second-order valence-corrected chi connectivity index (χ2v) is 4.65. The summed E-state index contributed by atoms with van der Waals surface area (Å²) in [6.07, 6.45) is 2.37. The molecule has 4 nitrogen and oxygen atoms in total. The van der Waals surface area contributed by atoms with Crippen LogP contribution in [0.1, 0.15) is 18.4 Å². The largest absolute Gasteiger partial charge is 0.497 e. The quantitative estimate of drug-likeness (QED) is 0.829. The van der Waals surface area contributed by atoms with E-state index in [2.05, 4.69) is 5.32 Å². The maximum Gasteiger partial charge on any atom is 0.122 e. The van der Waals surface area contributed by atoms with Crippen molar-refractivity contribution in [2.45, 2.75) is 31.4 Å². The van der Waals surface area contributed by atoms with Gasteiger partial charge in [0.15, 0.2) is 0 Å². The average Bonchev–Trinajstić information content (AvgIpc) is 2.92. The molecule has 1 aromatic carbocycles. The van der Waals surface area contributed by atoms with Gasteiger partial charge < -0.3 is 19.9 Å². The molecule has 2 rings (SSSR count). The number of benzene rings is 1. The molecule has 0 bridgehead atoms. The molecule has 0 amide bonds. The number of nitrogens with one attached hydrogen (secondary N) is 1. The molecule has 0 aliphatic carbocycles. The summed E-state index contributed by atoms with van der Waals surface area (Å²) in [6.45, 7) is 0.997. The SMILES string of the molecule is COc1ccc(OC)c(CC(O)C2CCCN2)c1. The van der Waals surface area contributed by atoms with E-state index in [-0.39, 0.29) is 12.1 Å². The number of methoxy groups -OCH3 is 2. The minimum atomic E-state index is -0.381. The van der Waals surface area contributed by atoms with Crippen molar-refractivity contribution in [2.75, 3.05) is 20.8 Å². The molecule has 1 saturated heterocycles. The van der Waals surface area contributed by atoms with E-state index in [0.717, 1.165) is 36.4 Å². The van der Waals surface area contributed by atoms with Gasteiger partial charge in [0.1, 0.15) is 11.5 Å². The predicted octanol–water partition coefficient (Wildman–Crippen LogP) is 1.36. The van der Waals surface area contributed by atoms with Crippen molar-refractivity contribution < 1.29 is 14.6 Å². The maximum atomic E-state index is 10.2. The van der Waals surface area contributed by atoms with Crippen LogP contribution in [0.3, 0.4) is 0 Å². The van der Waals surface area contributed by atoms with E-state index in [4.69, 9.17) is 9.47 Å². The van der Waals surface area contributed by atoms with Gasteiger partial charge in [-0.15, -0.1) is 0 Å². The van der Waals surface area contributed by atoms with Crippen molar-refractivity contribution in [3.63, 3.8) is 0 Å². The molecule has 1 aliphatic rings. The molecular weight excluding hydrogens is 230 g/mol. The van der Waals surface area contributed by atoms with Crippen LogP contribution in [0.2, 0.25) is 0 Å². The zero-order chi connectivity index (χ0) is 13.0. The molecule has 100 valence electrons. The molecule has 4 heteroatoms. The van der Waals surface area contributed by atoms with Crippen LogP contribution in [-0.4, -0.2) is 38.0 Å². The predicted molar refractivity (Wildman–Crippen MR) is 70.3 cm³/mol. The highest BCUT2D eigenvalue weighted by Crippen LogP contribution is 2.26. The van der Waals surface area contributed by atoms with Crippen LogP contribution in [-0.2, 0) is 6.42 Å². The first kappa shape index (κ1) is 13.2. The number of ether oxygens (including phenoxy) is 2. The van der Waals surface area contributed by atoms with E-state index in [9.17, 15) is 5.11 Å². The van der Waals surface area contributed by atoms with Crippen LogP contribution in [0.25, 0.3) is 0 Å². The standard InChI is InChI=1S/C14H21NO3/c1-17-11-5-6-14(18-2)10(8-11)9-13(16)12-4-3-7-15-12/h5-6,8,12-13,15-16H,3-4,7,9H2,1-2H3. The Labute approximate surface area is 108 Å². The van der Waals surface area contributed by atoms with E-state index in [1.807, 2.05) is 18.2 Å². The fourth-order valence-electron chi connectivity index (χ4n) is 2.45. The van der Waals surface area contributed by atoms with Crippen molar-refractivity contribution in [3.8, 4) is 11.5 Å². The molecular formula is C14H21NO3. The third-order valence-corrected chi connectivity index (χ3v) is 3.48. The normalized spacial score (nSPS) is 20.7. The highest BCUT2D eigenvalue weighted by atomic mass is 16.5. The second-order valence-electron chi connectivity index (χ2n) is 4.65. The molecule has 1 aliphatic heterocycles. The van der Waals surface area contributed by atoms with Gasteiger partial charge in [-0.2, -0.15) is 0 Å². The van der Waals surface area contributed by atoms with Crippen molar-refractivity contribution in [1.29, 1.82) is 0 Å². The maximum absolute atomic E-state index is 10.2.